The van der Waals surface area contributed by atoms with Crippen LogP contribution < -0.4 is 10.7 Å². The number of likely N-dealkylation sites (tertiary alicyclic amines) is 1. The van der Waals surface area contributed by atoms with E-state index in [4.69, 9.17) is 4.74 Å². The normalized spacial score (nSPS) is 25.4. The number of carbonyl (C=O) groups is 4. The molecule has 4 amide bonds. The topological polar surface area (TPSA) is 108 Å². The molecule has 150 valence electrons. The fourth-order valence-corrected chi connectivity index (χ4v) is 4.23. The fraction of sp³-hybridized carbons (Fsp3) is 0.778. The Hall–Kier alpha value is -2.16. The van der Waals surface area contributed by atoms with Gasteiger partial charge in [-0.15, -0.1) is 0 Å². The van der Waals surface area contributed by atoms with Gasteiger partial charge in [-0.25, -0.2) is 4.79 Å². The molecule has 0 aromatic carbocycles. The Labute approximate surface area is 158 Å². The number of ether oxygens (including phenoxy) is 1. The first kappa shape index (κ1) is 19.6. The molecule has 9 nitrogen and oxygen atoms in total. The average Bonchev–Trinajstić information content (AvgIpc) is 2.87. The lowest BCUT2D eigenvalue weighted by atomic mass is 9.82. The van der Waals surface area contributed by atoms with Gasteiger partial charge in [0.2, 0.25) is 0 Å². The van der Waals surface area contributed by atoms with Crippen molar-refractivity contribution in [2.75, 3.05) is 26.2 Å². The van der Waals surface area contributed by atoms with Crippen LogP contribution in [-0.2, 0) is 19.1 Å². The van der Waals surface area contributed by atoms with E-state index >= 15 is 0 Å². The minimum absolute atomic E-state index is 0.0277. The number of hydrazine groups is 1. The first-order valence-corrected chi connectivity index (χ1v) is 9.80. The van der Waals surface area contributed by atoms with Gasteiger partial charge >= 0.3 is 12.0 Å². The smallest absolute Gasteiger partial charge is 0.344 e. The van der Waals surface area contributed by atoms with Crippen LogP contribution >= 0.6 is 0 Å². The summed E-state index contributed by atoms with van der Waals surface area (Å²) in [6, 6.07) is -0.571. The number of amides is 4. The molecule has 27 heavy (non-hydrogen) atoms. The van der Waals surface area contributed by atoms with Crippen molar-refractivity contribution >= 4 is 23.8 Å². The van der Waals surface area contributed by atoms with Crippen molar-refractivity contribution in [3.05, 3.63) is 0 Å². The van der Waals surface area contributed by atoms with E-state index in [-0.39, 0.29) is 24.3 Å². The van der Waals surface area contributed by atoms with Gasteiger partial charge in [-0.05, 0) is 39.2 Å². The summed E-state index contributed by atoms with van der Waals surface area (Å²) in [4.78, 5) is 51.0. The molecule has 3 fully saturated rings. The van der Waals surface area contributed by atoms with Crippen molar-refractivity contribution in [1.29, 1.82) is 0 Å². The second kappa shape index (κ2) is 8.24. The van der Waals surface area contributed by atoms with Crippen molar-refractivity contribution in [2.24, 2.45) is 5.92 Å². The Morgan fingerprint density at radius 2 is 1.96 bits per heavy atom. The number of nitrogens with zero attached hydrogens (tertiary/aromatic N) is 2. The van der Waals surface area contributed by atoms with E-state index in [0.29, 0.717) is 32.5 Å². The highest BCUT2D eigenvalue weighted by atomic mass is 16.5. The predicted molar refractivity (Wildman–Crippen MR) is 95.1 cm³/mol. The number of imide groups is 1. The molecule has 2 N–H and O–H groups in total. The molecular formula is C18H28N4O5. The molecule has 0 aromatic heterocycles. The molecule has 3 rings (SSSR count). The number of hydrogen-bond donors (Lipinski definition) is 2. The summed E-state index contributed by atoms with van der Waals surface area (Å²) in [5.74, 6) is -1.29. The minimum Gasteiger partial charge on any atom is -0.466 e. The van der Waals surface area contributed by atoms with Crippen LogP contribution in [0.3, 0.4) is 0 Å². The molecule has 1 aliphatic carbocycles. The van der Waals surface area contributed by atoms with Gasteiger partial charge in [0.15, 0.2) is 0 Å². The summed E-state index contributed by atoms with van der Waals surface area (Å²) >= 11 is 0. The Morgan fingerprint density at radius 1 is 1.22 bits per heavy atom. The van der Waals surface area contributed by atoms with Gasteiger partial charge in [-0.3, -0.25) is 24.7 Å². The molecule has 1 unspecified atom stereocenters. The van der Waals surface area contributed by atoms with Crippen LogP contribution in [0.15, 0.2) is 0 Å². The summed E-state index contributed by atoms with van der Waals surface area (Å²) in [6.45, 7) is 3.26. The van der Waals surface area contributed by atoms with Crippen LogP contribution in [0.5, 0.6) is 0 Å². The number of rotatable bonds is 5. The van der Waals surface area contributed by atoms with E-state index in [0.717, 1.165) is 37.1 Å². The Kier molecular flexibility index (Phi) is 5.98. The highest BCUT2D eigenvalue weighted by molar-refractivity contribution is 6.08. The molecule has 1 spiro atoms. The summed E-state index contributed by atoms with van der Waals surface area (Å²) in [5, 5.41) is 3.58. The van der Waals surface area contributed by atoms with Gasteiger partial charge in [0.25, 0.3) is 11.8 Å². The third-order valence-electron chi connectivity index (χ3n) is 5.60. The van der Waals surface area contributed by atoms with Crippen LogP contribution in [0.2, 0.25) is 0 Å². The van der Waals surface area contributed by atoms with Crippen LogP contribution in [0.25, 0.3) is 0 Å². The second-order valence-electron chi connectivity index (χ2n) is 7.57. The molecule has 1 atom stereocenters. The third kappa shape index (κ3) is 4.23. The van der Waals surface area contributed by atoms with Crippen molar-refractivity contribution in [3.63, 3.8) is 0 Å². The summed E-state index contributed by atoms with van der Waals surface area (Å²) < 4.78 is 5.06. The maximum Gasteiger partial charge on any atom is 0.344 e. The van der Waals surface area contributed by atoms with Gasteiger partial charge in [0, 0.05) is 6.54 Å². The van der Waals surface area contributed by atoms with E-state index in [2.05, 4.69) is 10.7 Å². The van der Waals surface area contributed by atoms with E-state index < -0.39 is 17.5 Å². The van der Waals surface area contributed by atoms with E-state index in [9.17, 15) is 19.2 Å². The average molecular weight is 380 g/mol. The summed E-state index contributed by atoms with van der Waals surface area (Å²) in [6.07, 6.45) is 5.57. The molecule has 0 bridgehead atoms. The summed E-state index contributed by atoms with van der Waals surface area (Å²) in [5.41, 5.74) is 1.58. The zero-order valence-electron chi connectivity index (χ0n) is 15.8. The number of carbonyl (C=O) groups excluding carboxylic acids is 4. The van der Waals surface area contributed by atoms with Gasteiger partial charge < -0.3 is 10.1 Å². The Balaban J connectivity index is 1.54. The van der Waals surface area contributed by atoms with E-state index in [1.165, 1.54) is 0 Å². The monoisotopic (exact) mass is 380 g/mol. The van der Waals surface area contributed by atoms with E-state index in [1.807, 2.05) is 4.90 Å². The third-order valence-corrected chi connectivity index (χ3v) is 5.60. The van der Waals surface area contributed by atoms with Crippen LogP contribution in [0, 0.1) is 5.92 Å². The number of esters is 1. The van der Waals surface area contributed by atoms with Crippen molar-refractivity contribution in [1.82, 2.24) is 20.7 Å². The van der Waals surface area contributed by atoms with Crippen molar-refractivity contribution < 1.29 is 23.9 Å². The molecule has 2 aliphatic heterocycles. The standard InChI is InChI=1S/C18H28N4O5/c1-2-27-15(24)13-7-6-10-21(11-13)12-14(23)20-22-16(25)18(19-17(22)26)8-4-3-5-9-18/h13H,2-12H2,1H3,(H,19,26)(H,20,23). The zero-order chi connectivity index (χ0) is 19.4. The number of nitrogens with one attached hydrogen (secondary N) is 2. The molecule has 9 heteroatoms. The largest absolute Gasteiger partial charge is 0.466 e. The molecule has 1 saturated carbocycles. The summed E-state index contributed by atoms with van der Waals surface area (Å²) in [7, 11) is 0. The number of hydrogen-bond acceptors (Lipinski definition) is 6. The van der Waals surface area contributed by atoms with Crippen molar-refractivity contribution in [2.45, 2.75) is 57.4 Å². The maximum absolute atomic E-state index is 12.7. The Bertz CT molecular complexity index is 617. The lowest BCUT2D eigenvalue weighted by Crippen LogP contribution is -2.53. The maximum atomic E-state index is 12.7. The molecule has 0 radical (unpaired) electrons. The highest BCUT2D eigenvalue weighted by Gasteiger charge is 2.52. The quantitative estimate of drug-likeness (QED) is 0.533. The first-order chi connectivity index (χ1) is 12.9. The molecule has 3 aliphatic rings. The van der Waals surface area contributed by atoms with E-state index in [1.54, 1.807) is 6.92 Å². The molecule has 2 saturated heterocycles. The molecule has 2 heterocycles. The predicted octanol–water partition coefficient (Wildman–Crippen LogP) is 0.547. The van der Waals surface area contributed by atoms with Crippen LogP contribution in [0.1, 0.15) is 51.9 Å². The van der Waals surface area contributed by atoms with Gasteiger partial charge in [0.05, 0.1) is 19.1 Å². The minimum atomic E-state index is -0.858. The van der Waals surface area contributed by atoms with Gasteiger partial charge in [-0.1, -0.05) is 19.3 Å². The zero-order valence-corrected chi connectivity index (χ0v) is 15.8. The van der Waals surface area contributed by atoms with Gasteiger partial charge in [0.1, 0.15) is 5.54 Å². The first-order valence-electron chi connectivity index (χ1n) is 9.80. The van der Waals surface area contributed by atoms with Crippen LogP contribution in [-0.4, -0.2) is 65.5 Å². The highest BCUT2D eigenvalue weighted by Crippen LogP contribution is 2.33. The number of urea groups is 1. The Morgan fingerprint density at radius 3 is 2.67 bits per heavy atom. The van der Waals surface area contributed by atoms with Crippen molar-refractivity contribution in [3.8, 4) is 0 Å². The SMILES string of the molecule is CCOC(=O)C1CCCN(CC(=O)NN2C(=O)NC3(CCCCC3)C2=O)C1. The number of piperidine rings is 1. The van der Waals surface area contributed by atoms with Gasteiger partial charge in [-0.2, -0.15) is 5.01 Å². The molecule has 0 aromatic rings. The fourth-order valence-electron chi connectivity index (χ4n) is 4.23. The second-order valence-corrected chi connectivity index (χ2v) is 7.57. The van der Waals surface area contributed by atoms with Crippen LogP contribution in [0.4, 0.5) is 4.79 Å². The lowest BCUT2D eigenvalue weighted by Gasteiger charge is -2.31. The lowest BCUT2D eigenvalue weighted by molar-refractivity contribution is -0.150. The molecular weight excluding hydrogens is 352 g/mol.